The van der Waals surface area contributed by atoms with Crippen molar-refractivity contribution in [3.63, 3.8) is 0 Å². The van der Waals surface area contributed by atoms with E-state index in [0.29, 0.717) is 17.7 Å². The van der Waals surface area contributed by atoms with Gasteiger partial charge in [-0.25, -0.2) is 14.2 Å². The first-order valence-corrected chi connectivity index (χ1v) is 7.18. The maximum absolute atomic E-state index is 13.4. The van der Waals surface area contributed by atoms with E-state index >= 15 is 0 Å². The van der Waals surface area contributed by atoms with Gasteiger partial charge in [-0.2, -0.15) is 5.10 Å². The SMILES string of the molecule is CCC(=O)Nc1ccc(C(=O)N/N=C/c2cccc(F)c2F)cc1. The molecule has 2 aromatic rings. The van der Waals surface area contributed by atoms with Crippen LogP contribution in [0.4, 0.5) is 14.5 Å². The second-order valence-corrected chi connectivity index (χ2v) is 4.82. The lowest BCUT2D eigenvalue weighted by molar-refractivity contribution is -0.115. The molecule has 0 fully saturated rings. The van der Waals surface area contributed by atoms with E-state index in [-0.39, 0.29) is 11.5 Å². The molecule has 2 N–H and O–H groups in total. The third-order valence-electron chi connectivity index (χ3n) is 3.10. The predicted octanol–water partition coefficient (Wildman–Crippen LogP) is 3.08. The number of benzene rings is 2. The average molecular weight is 331 g/mol. The minimum Gasteiger partial charge on any atom is -0.326 e. The van der Waals surface area contributed by atoms with E-state index in [1.165, 1.54) is 24.3 Å². The maximum atomic E-state index is 13.4. The second-order valence-electron chi connectivity index (χ2n) is 4.82. The monoisotopic (exact) mass is 331 g/mol. The fraction of sp³-hybridized carbons (Fsp3) is 0.118. The van der Waals surface area contributed by atoms with Gasteiger partial charge in [0.25, 0.3) is 5.91 Å². The minimum atomic E-state index is -1.04. The highest BCUT2D eigenvalue weighted by atomic mass is 19.2. The Labute approximate surface area is 137 Å². The van der Waals surface area contributed by atoms with Crippen LogP contribution in [-0.2, 0) is 4.79 Å². The van der Waals surface area contributed by atoms with E-state index in [0.717, 1.165) is 12.3 Å². The smallest absolute Gasteiger partial charge is 0.271 e. The molecule has 7 heteroatoms. The summed E-state index contributed by atoms with van der Waals surface area (Å²) in [6.45, 7) is 1.73. The molecule has 0 spiro atoms. The number of carbonyl (C=O) groups excluding carboxylic acids is 2. The first kappa shape index (κ1) is 17.3. The van der Waals surface area contributed by atoms with Crippen molar-refractivity contribution in [1.82, 2.24) is 5.43 Å². The van der Waals surface area contributed by atoms with Crippen molar-refractivity contribution in [3.05, 3.63) is 65.2 Å². The van der Waals surface area contributed by atoms with Gasteiger partial charge in [0.2, 0.25) is 5.91 Å². The number of rotatable bonds is 5. The Morgan fingerprint density at radius 1 is 1.12 bits per heavy atom. The summed E-state index contributed by atoms with van der Waals surface area (Å²) in [5, 5.41) is 6.26. The third kappa shape index (κ3) is 4.45. The highest BCUT2D eigenvalue weighted by Crippen LogP contribution is 2.10. The van der Waals surface area contributed by atoms with Crippen LogP contribution < -0.4 is 10.7 Å². The molecule has 24 heavy (non-hydrogen) atoms. The van der Waals surface area contributed by atoms with Crippen molar-refractivity contribution < 1.29 is 18.4 Å². The minimum absolute atomic E-state index is 0.0760. The van der Waals surface area contributed by atoms with E-state index in [2.05, 4.69) is 15.8 Å². The zero-order valence-electron chi connectivity index (χ0n) is 12.8. The summed E-state index contributed by atoms with van der Waals surface area (Å²) in [6, 6.07) is 9.85. The maximum Gasteiger partial charge on any atom is 0.271 e. The molecule has 0 aromatic heterocycles. The molecule has 0 bridgehead atoms. The Hall–Kier alpha value is -3.09. The summed E-state index contributed by atoms with van der Waals surface area (Å²) in [5.74, 6) is -2.67. The van der Waals surface area contributed by atoms with Crippen LogP contribution in [0, 0.1) is 11.6 Å². The number of anilines is 1. The molecule has 2 rings (SSSR count). The molecule has 0 atom stereocenters. The Morgan fingerprint density at radius 3 is 2.50 bits per heavy atom. The van der Waals surface area contributed by atoms with Gasteiger partial charge in [0.15, 0.2) is 11.6 Å². The van der Waals surface area contributed by atoms with Crippen LogP contribution in [-0.4, -0.2) is 18.0 Å². The lowest BCUT2D eigenvalue weighted by Crippen LogP contribution is -2.18. The highest BCUT2D eigenvalue weighted by Gasteiger charge is 2.07. The fourth-order valence-electron chi connectivity index (χ4n) is 1.80. The largest absolute Gasteiger partial charge is 0.326 e. The van der Waals surface area contributed by atoms with E-state index in [1.54, 1.807) is 19.1 Å². The Balaban J connectivity index is 1.98. The van der Waals surface area contributed by atoms with Gasteiger partial charge in [-0.3, -0.25) is 9.59 Å². The van der Waals surface area contributed by atoms with Crippen molar-refractivity contribution in [3.8, 4) is 0 Å². The van der Waals surface area contributed by atoms with Crippen molar-refractivity contribution in [1.29, 1.82) is 0 Å². The standard InChI is InChI=1S/C17H15F2N3O2/c1-2-15(23)21-13-8-6-11(7-9-13)17(24)22-20-10-12-4-3-5-14(18)16(12)19/h3-10H,2H2,1H3,(H,21,23)(H,22,24)/b20-10+. The van der Waals surface area contributed by atoms with Gasteiger partial charge in [-0.1, -0.05) is 19.1 Å². The van der Waals surface area contributed by atoms with Gasteiger partial charge in [0.1, 0.15) is 0 Å². The lowest BCUT2D eigenvalue weighted by atomic mass is 10.2. The number of hydrogen-bond donors (Lipinski definition) is 2. The van der Waals surface area contributed by atoms with Crippen LogP contribution in [0.1, 0.15) is 29.3 Å². The van der Waals surface area contributed by atoms with Crippen LogP contribution in [0.5, 0.6) is 0 Å². The zero-order chi connectivity index (χ0) is 17.5. The fourth-order valence-corrected chi connectivity index (χ4v) is 1.80. The van der Waals surface area contributed by atoms with Crippen molar-refractivity contribution in [2.75, 3.05) is 5.32 Å². The molecule has 0 radical (unpaired) electrons. The molecular weight excluding hydrogens is 316 g/mol. The quantitative estimate of drug-likeness (QED) is 0.653. The summed E-state index contributed by atoms with van der Waals surface area (Å²) in [4.78, 5) is 23.2. The van der Waals surface area contributed by atoms with Gasteiger partial charge >= 0.3 is 0 Å². The van der Waals surface area contributed by atoms with Crippen LogP contribution in [0.3, 0.4) is 0 Å². The van der Waals surface area contributed by atoms with Gasteiger partial charge in [0, 0.05) is 23.2 Å². The van der Waals surface area contributed by atoms with Crippen LogP contribution >= 0.6 is 0 Å². The first-order valence-electron chi connectivity index (χ1n) is 7.18. The number of hydrazone groups is 1. The number of hydrogen-bond acceptors (Lipinski definition) is 3. The van der Waals surface area contributed by atoms with Crippen LogP contribution in [0.25, 0.3) is 0 Å². The van der Waals surface area contributed by atoms with E-state index in [9.17, 15) is 18.4 Å². The topological polar surface area (TPSA) is 70.6 Å². The normalized spacial score (nSPS) is 10.6. The van der Waals surface area contributed by atoms with Gasteiger partial charge < -0.3 is 5.32 Å². The number of amides is 2. The number of nitrogens with one attached hydrogen (secondary N) is 2. The van der Waals surface area contributed by atoms with Gasteiger partial charge in [-0.15, -0.1) is 0 Å². The molecule has 0 saturated carbocycles. The molecule has 124 valence electrons. The summed E-state index contributed by atoms with van der Waals surface area (Å²) < 4.78 is 26.4. The number of nitrogens with zero attached hydrogens (tertiary/aromatic N) is 1. The molecule has 0 unspecified atom stereocenters. The summed E-state index contributed by atoms with van der Waals surface area (Å²) in [5.41, 5.74) is 3.02. The molecule has 2 amide bonds. The summed E-state index contributed by atoms with van der Waals surface area (Å²) in [7, 11) is 0. The Morgan fingerprint density at radius 2 is 1.83 bits per heavy atom. The summed E-state index contributed by atoms with van der Waals surface area (Å²) in [6.07, 6.45) is 1.37. The Bertz CT molecular complexity index is 774. The molecule has 0 heterocycles. The van der Waals surface area contributed by atoms with E-state index < -0.39 is 17.5 Å². The van der Waals surface area contributed by atoms with Crippen molar-refractivity contribution >= 4 is 23.7 Å². The molecule has 0 saturated heterocycles. The highest BCUT2D eigenvalue weighted by molar-refractivity contribution is 5.96. The zero-order valence-corrected chi connectivity index (χ0v) is 12.8. The summed E-state index contributed by atoms with van der Waals surface area (Å²) >= 11 is 0. The average Bonchev–Trinajstić information content (AvgIpc) is 2.59. The second kappa shape index (κ2) is 7.96. The van der Waals surface area contributed by atoms with Crippen molar-refractivity contribution in [2.45, 2.75) is 13.3 Å². The lowest BCUT2D eigenvalue weighted by Gasteiger charge is -2.04. The van der Waals surface area contributed by atoms with Crippen LogP contribution in [0.15, 0.2) is 47.6 Å². The molecule has 0 aliphatic carbocycles. The van der Waals surface area contributed by atoms with E-state index in [4.69, 9.17) is 0 Å². The molecule has 0 aliphatic rings. The number of carbonyl (C=O) groups is 2. The number of halogens is 2. The van der Waals surface area contributed by atoms with Gasteiger partial charge in [0.05, 0.1) is 6.21 Å². The van der Waals surface area contributed by atoms with Gasteiger partial charge in [-0.05, 0) is 30.3 Å². The van der Waals surface area contributed by atoms with Crippen LogP contribution in [0.2, 0.25) is 0 Å². The first-order chi connectivity index (χ1) is 11.5. The predicted molar refractivity (Wildman–Crippen MR) is 86.8 cm³/mol. The van der Waals surface area contributed by atoms with E-state index in [1.807, 2.05) is 0 Å². The van der Waals surface area contributed by atoms with Crippen molar-refractivity contribution in [2.24, 2.45) is 5.10 Å². The third-order valence-corrected chi connectivity index (χ3v) is 3.10. The Kier molecular flexibility index (Phi) is 5.73. The molecule has 0 aliphatic heterocycles. The molecule has 5 nitrogen and oxygen atoms in total. The molecule has 2 aromatic carbocycles. The molecular formula is C17H15F2N3O2.